The van der Waals surface area contributed by atoms with Crippen molar-refractivity contribution in [2.45, 2.75) is 71.6 Å². The second kappa shape index (κ2) is 17.0. The second-order valence-corrected chi connectivity index (χ2v) is 4.87. The summed E-state index contributed by atoms with van der Waals surface area (Å²) in [6.07, 6.45) is 29.0. The predicted molar refractivity (Wildman–Crippen MR) is 89.5 cm³/mol. The van der Waals surface area contributed by atoms with Gasteiger partial charge in [-0.1, -0.05) is 81.7 Å². The zero-order valence-electron chi connectivity index (χ0n) is 13.0. The van der Waals surface area contributed by atoms with E-state index in [1.165, 1.54) is 32.1 Å². The molecule has 0 heteroatoms. The molecule has 0 aromatic carbocycles. The lowest BCUT2D eigenvalue weighted by Crippen LogP contribution is -1.68. The quantitative estimate of drug-likeness (QED) is 0.268. The van der Waals surface area contributed by atoms with Crippen molar-refractivity contribution in [3.63, 3.8) is 0 Å². The van der Waals surface area contributed by atoms with Crippen LogP contribution < -0.4 is 0 Å². The van der Waals surface area contributed by atoms with Crippen LogP contribution in [0.25, 0.3) is 0 Å². The molecule has 0 saturated heterocycles. The van der Waals surface area contributed by atoms with Crippen LogP contribution in [0.5, 0.6) is 0 Å². The molecule has 0 nitrogen and oxygen atoms in total. The summed E-state index contributed by atoms with van der Waals surface area (Å²) in [6.45, 7) is 4.45. The fraction of sp³-hybridized carbons (Fsp3) is 0.579. The van der Waals surface area contributed by atoms with Gasteiger partial charge in [-0.05, 0) is 38.5 Å². The molecular formula is C19H32. The van der Waals surface area contributed by atoms with Crippen molar-refractivity contribution in [3.8, 4) is 0 Å². The van der Waals surface area contributed by atoms with Crippen LogP contribution in [0.1, 0.15) is 71.6 Å². The van der Waals surface area contributed by atoms with Crippen LogP contribution in [-0.2, 0) is 0 Å². The zero-order valence-corrected chi connectivity index (χ0v) is 13.0. The molecule has 0 radical (unpaired) electrons. The Morgan fingerprint density at radius 2 is 0.947 bits per heavy atom. The van der Waals surface area contributed by atoms with E-state index in [0.717, 1.165) is 25.7 Å². The van der Waals surface area contributed by atoms with Gasteiger partial charge in [0.05, 0.1) is 0 Å². The Hall–Kier alpha value is -1.04. The lowest BCUT2D eigenvalue weighted by atomic mass is 10.2. The molecule has 0 amide bonds. The molecular weight excluding hydrogens is 228 g/mol. The van der Waals surface area contributed by atoms with Crippen molar-refractivity contribution < 1.29 is 0 Å². The number of hydrogen-bond acceptors (Lipinski definition) is 0. The second-order valence-electron chi connectivity index (χ2n) is 4.87. The van der Waals surface area contributed by atoms with Gasteiger partial charge < -0.3 is 0 Å². The first-order chi connectivity index (χ1) is 9.41. The Bertz CT molecular complexity index is 266. The fourth-order valence-corrected chi connectivity index (χ4v) is 1.69. The first-order valence-corrected chi connectivity index (χ1v) is 8.01. The van der Waals surface area contributed by atoms with E-state index in [1.807, 2.05) is 0 Å². The third-order valence-electron chi connectivity index (χ3n) is 2.89. The minimum absolute atomic E-state index is 1.09. The van der Waals surface area contributed by atoms with E-state index in [1.54, 1.807) is 0 Å². The van der Waals surface area contributed by atoms with Gasteiger partial charge in [0.25, 0.3) is 0 Å². The number of rotatable bonds is 12. The Balaban J connectivity index is 3.33. The van der Waals surface area contributed by atoms with Crippen molar-refractivity contribution in [2.24, 2.45) is 0 Å². The van der Waals surface area contributed by atoms with E-state index in [2.05, 4.69) is 62.5 Å². The van der Waals surface area contributed by atoms with Gasteiger partial charge in [-0.3, -0.25) is 0 Å². The molecule has 0 aliphatic heterocycles. The average molecular weight is 260 g/mol. The highest BCUT2D eigenvalue weighted by atomic mass is 13.9. The van der Waals surface area contributed by atoms with Crippen molar-refractivity contribution in [1.82, 2.24) is 0 Å². The maximum atomic E-state index is 2.30. The van der Waals surface area contributed by atoms with Gasteiger partial charge in [-0.25, -0.2) is 0 Å². The summed E-state index contributed by atoms with van der Waals surface area (Å²) in [6, 6.07) is 0. The zero-order chi connectivity index (χ0) is 14.0. The van der Waals surface area contributed by atoms with E-state index in [0.29, 0.717) is 0 Å². The summed E-state index contributed by atoms with van der Waals surface area (Å²) in [5.41, 5.74) is 0. The normalized spacial score (nSPS) is 12.7. The lowest BCUT2D eigenvalue weighted by molar-refractivity contribution is 0.813. The summed E-state index contributed by atoms with van der Waals surface area (Å²) >= 11 is 0. The van der Waals surface area contributed by atoms with Crippen LogP contribution in [0.3, 0.4) is 0 Å². The van der Waals surface area contributed by atoms with Gasteiger partial charge in [0.1, 0.15) is 0 Å². The maximum Gasteiger partial charge on any atom is -0.0169 e. The first kappa shape index (κ1) is 18.0. The van der Waals surface area contributed by atoms with Gasteiger partial charge in [0.2, 0.25) is 0 Å². The summed E-state index contributed by atoms with van der Waals surface area (Å²) in [4.78, 5) is 0. The topological polar surface area (TPSA) is 0 Å². The molecule has 0 rings (SSSR count). The molecule has 0 saturated carbocycles. The largest absolute Gasteiger partial charge is 0.0882 e. The smallest absolute Gasteiger partial charge is 0.0169 e. The van der Waals surface area contributed by atoms with Gasteiger partial charge >= 0.3 is 0 Å². The molecule has 108 valence electrons. The third kappa shape index (κ3) is 17.0. The van der Waals surface area contributed by atoms with E-state index in [-0.39, 0.29) is 0 Å². The van der Waals surface area contributed by atoms with Crippen LogP contribution >= 0.6 is 0 Å². The SMILES string of the molecule is CCCC=CCC=CCCC=CCC=CCCCC. The van der Waals surface area contributed by atoms with E-state index >= 15 is 0 Å². The Morgan fingerprint density at radius 1 is 0.474 bits per heavy atom. The minimum Gasteiger partial charge on any atom is -0.0882 e. The Labute approximate surface area is 121 Å². The van der Waals surface area contributed by atoms with Crippen molar-refractivity contribution in [1.29, 1.82) is 0 Å². The molecule has 0 unspecified atom stereocenters. The maximum absolute atomic E-state index is 2.30. The molecule has 0 aliphatic rings. The molecule has 0 aromatic heterocycles. The van der Waals surface area contributed by atoms with Crippen LogP contribution in [-0.4, -0.2) is 0 Å². The number of unbranched alkanes of at least 4 members (excludes halogenated alkanes) is 4. The highest BCUT2D eigenvalue weighted by Gasteiger charge is 1.79. The third-order valence-corrected chi connectivity index (χ3v) is 2.89. The minimum atomic E-state index is 1.09. The highest BCUT2D eigenvalue weighted by Crippen LogP contribution is 1.99. The summed E-state index contributed by atoms with van der Waals surface area (Å²) < 4.78 is 0. The standard InChI is InChI=1S/C19H32/c1-3-5-7-9-11-13-15-17-19-18-16-14-12-10-8-6-4-2/h7,9-10,12-13,15-16,18H,3-6,8,11,14,17,19H2,1-2H3. The molecule has 0 N–H and O–H groups in total. The molecule has 0 aliphatic carbocycles. The molecule has 0 fully saturated rings. The van der Waals surface area contributed by atoms with Crippen LogP contribution in [0.4, 0.5) is 0 Å². The summed E-state index contributed by atoms with van der Waals surface area (Å²) in [5, 5.41) is 0. The monoisotopic (exact) mass is 260 g/mol. The molecule has 0 aromatic rings. The fourth-order valence-electron chi connectivity index (χ4n) is 1.69. The van der Waals surface area contributed by atoms with E-state index in [4.69, 9.17) is 0 Å². The van der Waals surface area contributed by atoms with Crippen LogP contribution in [0.2, 0.25) is 0 Å². The highest BCUT2D eigenvalue weighted by molar-refractivity contribution is 4.96. The van der Waals surface area contributed by atoms with Gasteiger partial charge in [0.15, 0.2) is 0 Å². The van der Waals surface area contributed by atoms with Crippen molar-refractivity contribution in [3.05, 3.63) is 48.6 Å². The molecule has 0 atom stereocenters. The number of hydrogen-bond donors (Lipinski definition) is 0. The van der Waals surface area contributed by atoms with Gasteiger partial charge in [-0.2, -0.15) is 0 Å². The van der Waals surface area contributed by atoms with Gasteiger partial charge in [-0.15, -0.1) is 0 Å². The Morgan fingerprint density at radius 3 is 1.42 bits per heavy atom. The Kier molecular flexibility index (Phi) is 16.0. The van der Waals surface area contributed by atoms with Crippen molar-refractivity contribution >= 4 is 0 Å². The van der Waals surface area contributed by atoms with E-state index in [9.17, 15) is 0 Å². The molecule has 0 bridgehead atoms. The van der Waals surface area contributed by atoms with Crippen LogP contribution in [0, 0.1) is 0 Å². The average Bonchev–Trinajstić information content (AvgIpc) is 2.43. The molecule has 19 heavy (non-hydrogen) atoms. The van der Waals surface area contributed by atoms with E-state index < -0.39 is 0 Å². The summed E-state index contributed by atoms with van der Waals surface area (Å²) in [7, 11) is 0. The van der Waals surface area contributed by atoms with Crippen molar-refractivity contribution in [2.75, 3.05) is 0 Å². The van der Waals surface area contributed by atoms with Crippen LogP contribution in [0.15, 0.2) is 48.6 Å². The number of allylic oxidation sites excluding steroid dienone is 8. The predicted octanol–water partition coefficient (Wildman–Crippen LogP) is 6.76. The molecule has 0 spiro atoms. The summed E-state index contributed by atoms with van der Waals surface area (Å²) in [5.74, 6) is 0. The van der Waals surface area contributed by atoms with Gasteiger partial charge in [0, 0.05) is 0 Å². The molecule has 0 heterocycles. The first-order valence-electron chi connectivity index (χ1n) is 8.01. The lowest BCUT2D eigenvalue weighted by Gasteiger charge is -1.89.